The second kappa shape index (κ2) is 12.9. The molecule has 2 aromatic rings. The van der Waals surface area contributed by atoms with Gasteiger partial charge in [-0.3, -0.25) is 9.59 Å². The zero-order valence-corrected chi connectivity index (χ0v) is 28.3. The highest BCUT2D eigenvalue weighted by molar-refractivity contribution is 5.92. The highest BCUT2D eigenvalue weighted by Crippen LogP contribution is 2.57. The van der Waals surface area contributed by atoms with Crippen molar-refractivity contribution in [2.45, 2.75) is 122 Å². The largest absolute Gasteiger partial charge is 0.497 e. The molecule has 5 aliphatic rings. The highest BCUT2D eigenvalue weighted by Gasteiger charge is 2.55. The average Bonchev–Trinajstić information content (AvgIpc) is 3.62. The Morgan fingerprint density at radius 3 is 2.53 bits per heavy atom. The number of ether oxygens (including phenoxy) is 3. The Hall–Kier alpha value is -3.43. The quantitative estimate of drug-likeness (QED) is 0.430. The number of hydrogen-bond acceptors (Lipinski definition) is 8. The molecule has 0 spiro atoms. The average molecular weight is 647 g/mol. The summed E-state index contributed by atoms with van der Waals surface area (Å²) in [7, 11) is 1.62. The molecule has 0 radical (unpaired) electrons. The van der Waals surface area contributed by atoms with Gasteiger partial charge in [-0.1, -0.05) is 46.0 Å². The standard InChI is InChI=1S/C37H50N4O6/c1-21-31-20-41(32(21)22(2)42)35(43)33(37(3)15-9-6-10-16-37)40-36(44)47-30-18-23-17-26(23)25(30)11-7-5-8-12-28-34(46-31)39-29-19-24(45-4)13-14-27(29)38-28/h13-14,19,21,23,25-26,30-33H,5-12,15-18,20H2,1-4H3,(H,40,44)/t21-,23?,25-,26?,30-,31+,32+,33-/m1/s1. The van der Waals surface area contributed by atoms with Gasteiger partial charge < -0.3 is 24.4 Å². The van der Waals surface area contributed by atoms with Gasteiger partial charge in [-0.05, 0) is 87.2 Å². The summed E-state index contributed by atoms with van der Waals surface area (Å²) >= 11 is 0. The van der Waals surface area contributed by atoms with Crippen molar-refractivity contribution in [1.82, 2.24) is 20.2 Å². The van der Waals surface area contributed by atoms with Crippen molar-refractivity contribution < 1.29 is 28.6 Å². The van der Waals surface area contributed by atoms with Gasteiger partial charge in [-0.25, -0.2) is 14.8 Å². The van der Waals surface area contributed by atoms with E-state index in [0.717, 1.165) is 75.4 Å². The van der Waals surface area contributed by atoms with E-state index in [-0.39, 0.29) is 30.3 Å². The highest BCUT2D eigenvalue weighted by atomic mass is 16.6. The third kappa shape index (κ3) is 6.29. The van der Waals surface area contributed by atoms with Gasteiger partial charge >= 0.3 is 6.09 Å². The lowest BCUT2D eigenvalue weighted by molar-refractivity contribution is -0.142. The van der Waals surface area contributed by atoms with Crippen LogP contribution in [0.5, 0.6) is 11.6 Å². The molecular weight excluding hydrogens is 596 g/mol. The number of Topliss-reactive ketones (excluding diaryl/α,β-unsaturated/α-hetero) is 1. The number of nitrogens with zero attached hydrogens (tertiary/aromatic N) is 3. The first-order chi connectivity index (χ1) is 22.6. The van der Waals surface area contributed by atoms with Crippen molar-refractivity contribution in [3.63, 3.8) is 0 Å². The number of aryl methyl sites for hydroxylation is 1. The molecule has 1 N–H and O–H groups in total. The molecule has 3 saturated carbocycles. The lowest BCUT2D eigenvalue weighted by atomic mass is 9.70. The Labute approximate surface area is 277 Å². The topological polar surface area (TPSA) is 120 Å². The van der Waals surface area contributed by atoms with Crippen molar-refractivity contribution >= 4 is 28.8 Å². The van der Waals surface area contributed by atoms with E-state index in [1.807, 2.05) is 25.1 Å². The van der Waals surface area contributed by atoms with Crippen molar-refractivity contribution in [1.29, 1.82) is 0 Å². The molecule has 254 valence electrons. The normalized spacial score (nSPS) is 34.1. The number of methoxy groups -OCH3 is 1. The number of aromatic nitrogens is 2. The third-order valence-corrected chi connectivity index (χ3v) is 12.1. The number of carbonyl (C=O) groups excluding carboxylic acids is 3. The summed E-state index contributed by atoms with van der Waals surface area (Å²) in [6.45, 7) is 5.83. The fourth-order valence-corrected chi connectivity index (χ4v) is 9.34. The summed E-state index contributed by atoms with van der Waals surface area (Å²) < 4.78 is 18.3. The van der Waals surface area contributed by atoms with Crippen molar-refractivity contribution in [3.8, 4) is 11.6 Å². The number of hydrogen-bond donors (Lipinski definition) is 1. The first-order valence-corrected chi connectivity index (χ1v) is 17.9. The van der Waals surface area contributed by atoms with Crippen LogP contribution >= 0.6 is 0 Å². The fourth-order valence-electron chi connectivity index (χ4n) is 9.34. The zero-order valence-electron chi connectivity index (χ0n) is 28.3. The Balaban J connectivity index is 1.25. The number of benzene rings is 1. The van der Waals surface area contributed by atoms with E-state index in [1.165, 1.54) is 13.3 Å². The first kappa shape index (κ1) is 32.1. The number of ketones is 1. The molecule has 2 amide bonds. The fraction of sp³-hybridized carbons (Fsp3) is 0.703. The smallest absolute Gasteiger partial charge is 0.408 e. The van der Waals surface area contributed by atoms with Crippen LogP contribution in [0.15, 0.2) is 18.2 Å². The second-order valence-corrected chi connectivity index (χ2v) is 15.3. The molecule has 2 aliphatic heterocycles. The summed E-state index contributed by atoms with van der Waals surface area (Å²) in [6.07, 6.45) is 10.6. The maximum atomic E-state index is 14.7. The van der Waals surface area contributed by atoms with Crippen LogP contribution in [-0.2, 0) is 20.7 Å². The Bertz CT molecular complexity index is 1520. The monoisotopic (exact) mass is 646 g/mol. The second-order valence-electron chi connectivity index (χ2n) is 15.3. The minimum Gasteiger partial charge on any atom is -0.497 e. The summed E-state index contributed by atoms with van der Waals surface area (Å²) in [5.74, 6) is 2.17. The molecule has 3 aliphatic carbocycles. The van der Waals surface area contributed by atoms with Crippen LogP contribution < -0.4 is 14.8 Å². The van der Waals surface area contributed by atoms with Gasteiger partial charge in [-0.2, -0.15) is 0 Å². The molecule has 10 nitrogen and oxygen atoms in total. The minimum absolute atomic E-state index is 0.0967. The van der Waals surface area contributed by atoms with Gasteiger partial charge in [0, 0.05) is 12.0 Å². The molecule has 3 heterocycles. The summed E-state index contributed by atoms with van der Waals surface area (Å²) in [4.78, 5) is 53.2. The van der Waals surface area contributed by atoms with E-state index in [9.17, 15) is 14.4 Å². The van der Waals surface area contributed by atoms with Crippen LogP contribution in [0.1, 0.15) is 97.1 Å². The summed E-state index contributed by atoms with van der Waals surface area (Å²) in [5.41, 5.74) is 1.81. The van der Waals surface area contributed by atoms with Gasteiger partial charge in [0.05, 0.1) is 30.7 Å². The van der Waals surface area contributed by atoms with Crippen molar-refractivity contribution in [2.75, 3.05) is 13.7 Å². The minimum atomic E-state index is -0.792. The number of amides is 2. The number of alkyl carbamates (subject to hydrolysis) is 1. The molecule has 2 unspecified atom stereocenters. The number of nitrogens with one attached hydrogen (secondary N) is 1. The van der Waals surface area contributed by atoms with E-state index in [0.29, 0.717) is 41.3 Å². The molecule has 4 fully saturated rings. The van der Waals surface area contributed by atoms with Gasteiger partial charge in [0.2, 0.25) is 11.8 Å². The van der Waals surface area contributed by atoms with Crippen molar-refractivity contribution in [2.24, 2.45) is 29.1 Å². The Kier molecular flexibility index (Phi) is 8.81. The van der Waals surface area contributed by atoms with Crippen LogP contribution in [0.4, 0.5) is 4.79 Å². The predicted octanol–water partition coefficient (Wildman–Crippen LogP) is 6.03. The third-order valence-electron chi connectivity index (χ3n) is 12.1. The van der Waals surface area contributed by atoms with E-state index < -0.39 is 29.7 Å². The van der Waals surface area contributed by atoms with E-state index in [4.69, 9.17) is 24.2 Å². The molecule has 47 heavy (non-hydrogen) atoms. The first-order valence-electron chi connectivity index (χ1n) is 17.9. The van der Waals surface area contributed by atoms with Crippen molar-refractivity contribution in [3.05, 3.63) is 23.9 Å². The molecular formula is C37H50N4O6. The van der Waals surface area contributed by atoms with Crippen LogP contribution in [0, 0.1) is 29.1 Å². The SMILES string of the molecule is COc1ccc2nc3c(nc2c1)O[C@H]1CN(C(=O)[C@H](C2(C)CCCCC2)NC(=O)O[C@@H]2CC4CC4[C@H]2CCCCC3)[C@H](C(C)=O)[C@@H]1C. The Morgan fingerprint density at radius 2 is 1.77 bits per heavy atom. The van der Waals surface area contributed by atoms with Gasteiger partial charge in [0.25, 0.3) is 0 Å². The van der Waals surface area contributed by atoms with Crippen LogP contribution in [0.3, 0.4) is 0 Å². The zero-order chi connectivity index (χ0) is 32.9. The van der Waals surface area contributed by atoms with Gasteiger partial charge in [0.15, 0.2) is 5.78 Å². The summed E-state index contributed by atoms with van der Waals surface area (Å²) in [6, 6.07) is 4.19. The number of carbonyl (C=O) groups is 3. The van der Waals surface area contributed by atoms with Crippen LogP contribution in [0.2, 0.25) is 0 Å². The van der Waals surface area contributed by atoms with E-state index in [2.05, 4.69) is 12.2 Å². The van der Waals surface area contributed by atoms with Crippen LogP contribution in [-0.4, -0.2) is 70.6 Å². The lowest BCUT2D eigenvalue weighted by Crippen LogP contribution is -2.59. The molecule has 10 heteroatoms. The molecule has 1 saturated heterocycles. The van der Waals surface area contributed by atoms with E-state index >= 15 is 0 Å². The predicted molar refractivity (Wildman–Crippen MR) is 176 cm³/mol. The van der Waals surface area contributed by atoms with E-state index in [1.54, 1.807) is 12.0 Å². The molecule has 2 bridgehead atoms. The molecule has 7 rings (SSSR count). The van der Waals surface area contributed by atoms with Gasteiger partial charge in [0.1, 0.15) is 29.7 Å². The molecule has 1 aromatic heterocycles. The van der Waals surface area contributed by atoms with Crippen LogP contribution in [0.25, 0.3) is 11.0 Å². The van der Waals surface area contributed by atoms with Gasteiger partial charge in [-0.15, -0.1) is 0 Å². The molecule has 1 aromatic carbocycles. The summed E-state index contributed by atoms with van der Waals surface area (Å²) in [5, 5.41) is 3.09. The maximum absolute atomic E-state index is 14.7. The molecule has 8 atom stereocenters. The Morgan fingerprint density at radius 1 is 0.979 bits per heavy atom. The lowest BCUT2D eigenvalue weighted by Gasteiger charge is -2.42. The number of rotatable bonds is 3. The maximum Gasteiger partial charge on any atom is 0.408 e. The number of fused-ring (bicyclic) bond motifs is 7.